The van der Waals surface area contributed by atoms with Gasteiger partial charge >= 0.3 is 0 Å². The van der Waals surface area contributed by atoms with Gasteiger partial charge in [-0.25, -0.2) is 0 Å². The molecule has 2 N–H and O–H groups in total. The first-order valence-corrected chi connectivity index (χ1v) is 6.24. The van der Waals surface area contributed by atoms with Gasteiger partial charge in [-0.1, -0.05) is 6.07 Å². The average Bonchev–Trinajstić information content (AvgIpc) is 2.47. The second-order valence-electron chi connectivity index (χ2n) is 4.23. The van der Waals surface area contributed by atoms with Gasteiger partial charge in [-0.15, -0.1) is 0 Å². The molecule has 0 spiro atoms. The van der Waals surface area contributed by atoms with Gasteiger partial charge in [0.1, 0.15) is 5.75 Å². The van der Waals surface area contributed by atoms with E-state index >= 15 is 0 Å². The van der Waals surface area contributed by atoms with Crippen molar-refractivity contribution in [2.24, 2.45) is 5.73 Å². The first-order chi connectivity index (χ1) is 9.69. The van der Waals surface area contributed by atoms with E-state index in [-0.39, 0.29) is 0 Å². The highest BCUT2D eigenvalue weighted by Gasteiger charge is 2.14. The molecule has 0 saturated heterocycles. The lowest BCUT2D eigenvalue weighted by atomic mass is 10.2. The van der Waals surface area contributed by atoms with Crippen LogP contribution in [0.4, 0.5) is 0 Å². The second-order valence-corrected chi connectivity index (χ2v) is 4.23. The number of aromatic nitrogens is 1. The van der Waals surface area contributed by atoms with E-state index < -0.39 is 0 Å². The Hall–Kier alpha value is -2.27. The molecule has 5 nitrogen and oxygen atoms in total. The lowest BCUT2D eigenvalue weighted by Gasteiger charge is -2.15. The standard InChI is InChI=1S/C15H18N2O3/c1-10-7-14(11(8-16)9-17-10)20-15-12(18-2)5-4-6-13(15)19-3/h4-7,9H,8,16H2,1-3H3. The highest BCUT2D eigenvalue weighted by Crippen LogP contribution is 2.40. The molecule has 0 amide bonds. The summed E-state index contributed by atoms with van der Waals surface area (Å²) in [5, 5.41) is 0. The topological polar surface area (TPSA) is 66.6 Å². The van der Waals surface area contributed by atoms with Crippen LogP contribution in [0.15, 0.2) is 30.5 Å². The molecule has 1 aromatic carbocycles. The van der Waals surface area contributed by atoms with Crippen molar-refractivity contribution >= 4 is 0 Å². The molecule has 20 heavy (non-hydrogen) atoms. The van der Waals surface area contributed by atoms with E-state index in [1.165, 1.54) is 0 Å². The maximum atomic E-state index is 5.96. The van der Waals surface area contributed by atoms with Gasteiger partial charge in [-0.05, 0) is 19.1 Å². The predicted octanol–water partition coefficient (Wildman–Crippen LogP) is 2.66. The Labute approximate surface area is 118 Å². The first kappa shape index (κ1) is 14.1. The summed E-state index contributed by atoms with van der Waals surface area (Å²) in [6.45, 7) is 2.24. The van der Waals surface area contributed by atoms with E-state index in [0.29, 0.717) is 29.5 Å². The monoisotopic (exact) mass is 274 g/mol. The van der Waals surface area contributed by atoms with Crippen molar-refractivity contribution < 1.29 is 14.2 Å². The van der Waals surface area contributed by atoms with Crippen molar-refractivity contribution in [3.8, 4) is 23.0 Å². The molecule has 0 atom stereocenters. The third kappa shape index (κ3) is 2.83. The number of rotatable bonds is 5. The molecule has 106 valence electrons. The maximum absolute atomic E-state index is 5.96. The van der Waals surface area contributed by atoms with Crippen molar-refractivity contribution in [1.29, 1.82) is 0 Å². The minimum atomic E-state index is 0.347. The molecule has 0 aliphatic carbocycles. The molecule has 2 rings (SSSR count). The average molecular weight is 274 g/mol. The number of hydrogen-bond donors (Lipinski definition) is 1. The van der Waals surface area contributed by atoms with Crippen LogP contribution >= 0.6 is 0 Å². The highest BCUT2D eigenvalue weighted by molar-refractivity contribution is 5.53. The summed E-state index contributed by atoms with van der Waals surface area (Å²) in [6.07, 6.45) is 1.71. The van der Waals surface area contributed by atoms with Crippen LogP contribution in [0.3, 0.4) is 0 Å². The second kappa shape index (κ2) is 6.25. The number of ether oxygens (including phenoxy) is 3. The van der Waals surface area contributed by atoms with E-state index in [1.54, 1.807) is 20.4 Å². The zero-order chi connectivity index (χ0) is 14.5. The molecule has 2 aromatic rings. The maximum Gasteiger partial charge on any atom is 0.211 e. The summed E-state index contributed by atoms with van der Waals surface area (Å²) in [5.41, 5.74) is 7.39. The summed E-state index contributed by atoms with van der Waals surface area (Å²) in [7, 11) is 3.17. The Bertz CT molecular complexity index is 577. The summed E-state index contributed by atoms with van der Waals surface area (Å²) in [5.74, 6) is 2.38. The fraction of sp³-hybridized carbons (Fsp3) is 0.267. The van der Waals surface area contributed by atoms with Gasteiger partial charge in [0.2, 0.25) is 5.75 Å². The van der Waals surface area contributed by atoms with Gasteiger partial charge in [-0.3, -0.25) is 4.98 Å². The molecule has 0 bridgehead atoms. The fourth-order valence-corrected chi connectivity index (χ4v) is 1.84. The van der Waals surface area contributed by atoms with Crippen LogP contribution in [-0.4, -0.2) is 19.2 Å². The van der Waals surface area contributed by atoms with Crippen molar-refractivity contribution in [3.05, 3.63) is 41.7 Å². The zero-order valence-corrected chi connectivity index (χ0v) is 11.8. The summed E-state index contributed by atoms with van der Waals surface area (Å²) in [6, 6.07) is 7.31. The van der Waals surface area contributed by atoms with E-state index in [0.717, 1.165) is 11.3 Å². The lowest BCUT2D eigenvalue weighted by Crippen LogP contribution is -2.02. The van der Waals surface area contributed by atoms with Gasteiger partial charge in [0.15, 0.2) is 11.5 Å². The van der Waals surface area contributed by atoms with Crippen molar-refractivity contribution in [1.82, 2.24) is 4.98 Å². The van der Waals surface area contributed by atoms with Crippen LogP contribution in [0.25, 0.3) is 0 Å². The minimum Gasteiger partial charge on any atom is -0.493 e. The number of nitrogens with zero attached hydrogens (tertiary/aromatic N) is 1. The van der Waals surface area contributed by atoms with Gasteiger partial charge in [0.25, 0.3) is 0 Å². The van der Waals surface area contributed by atoms with Crippen LogP contribution in [0.5, 0.6) is 23.0 Å². The van der Waals surface area contributed by atoms with Gasteiger partial charge in [0.05, 0.1) is 14.2 Å². The van der Waals surface area contributed by atoms with Crippen LogP contribution in [0.1, 0.15) is 11.3 Å². The Morgan fingerprint density at radius 3 is 2.30 bits per heavy atom. The van der Waals surface area contributed by atoms with Crippen LogP contribution in [0, 0.1) is 6.92 Å². The molecule has 0 unspecified atom stereocenters. The number of aryl methyl sites for hydroxylation is 1. The van der Waals surface area contributed by atoms with Gasteiger partial charge in [-0.2, -0.15) is 0 Å². The number of para-hydroxylation sites is 1. The number of methoxy groups -OCH3 is 2. The lowest BCUT2D eigenvalue weighted by molar-refractivity contribution is 0.345. The Balaban J connectivity index is 2.46. The van der Waals surface area contributed by atoms with Crippen molar-refractivity contribution in [3.63, 3.8) is 0 Å². The molecular weight excluding hydrogens is 256 g/mol. The Kier molecular flexibility index (Phi) is 4.42. The summed E-state index contributed by atoms with van der Waals surface area (Å²) in [4.78, 5) is 4.21. The third-order valence-electron chi connectivity index (χ3n) is 2.90. The fourth-order valence-electron chi connectivity index (χ4n) is 1.84. The number of benzene rings is 1. The van der Waals surface area contributed by atoms with E-state index in [4.69, 9.17) is 19.9 Å². The smallest absolute Gasteiger partial charge is 0.211 e. The minimum absolute atomic E-state index is 0.347. The van der Waals surface area contributed by atoms with E-state index in [1.807, 2.05) is 31.2 Å². The molecule has 1 heterocycles. The summed E-state index contributed by atoms with van der Waals surface area (Å²) >= 11 is 0. The molecule has 0 aliphatic heterocycles. The SMILES string of the molecule is COc1cccc(OC)c1Oc1cc(C)ncc1CN. The Morgan fingerprint density at radius 1 is 1.10 bits per heavy atom. The zero-order valence-electron chi connectivity index (χ0n) is 11.8. The molecule has 0 aliphatic rings. The van der Waals surface area contributed by atoms with Gasteiger partial charge in [0, 0.05) is 30.1 Å². The molecule has 0 saturated carbocycles. The molecule has 0 fully saturated rings. The molecule has 0 radical (unpaired) electrons. The highest BCUT2D eigenvalue weighted by atomic mass is 16.5. The first-order valence-electron chi connectivity index (χ1n) is 6.24. The van der Waals surface area contributed by atoms with E-state index in [9.17, 15) is 0 Å². The normalized spacial score (nSPS) is 10.2. The number of nitrogens with two attached hydrogens (primary N) is 1. The molecule has 1 aromatic heterocycles. The van der Waals surface area contributed by atoms with Crippen LogP contribution in [-0.2, 0) is 6.54 Å². The van der Waals surface area contributed by atoms with Crippen LogP contribution in [0.2, 0.25) is 0 Å². The van der Waals surface area contributed by atoms with Crippen molar-refractivity contribution in [2.75, 3.05) is 14.2 Å². The predicted molar refractivity (Wildman–Crippen MR) is 76.5 cm³/mol. The summed E-state index contributed by atoms with van der Waals surface area (Å²) < 4.78 is 16.6. The van der Waals surface area contributed by atoms with Crippen molar-refractivity contribution in [2.45, 2.75) is 13.5 Å². The molecule has 5 heteroatoms. The van der Waals surface area contributed by atoms with Crippen LogP contribution < -0.4 is 19.9 Å². The molecular formula is C15H18N2O3. The largest absolute Gasteiger partial charge is 0.493 e. The van der Waals surface area contributed by atoms with Gasteiger partial charge < -0.3 is 19.9 Å². The third-order valence-corrected chi connectivity index (χ3v) is 2.90. The number of pyridine rings is 1. The van der Waals surface area contributed by atoms with E-state index in [2.05, 4.69) is 4.98 Å². The Morgan fingerprint density at radius 2 is 1.75 bits per heavy atom. The number of hydrogen-bond acceptors (Lipinski definition) is 5. The quantitative estimate of drug-likeness (QED) is 0.908.